The average molecular weight is 327 g/mol. The lowest BCUT2D eigenvalue weighted by atomic mass is 9.97. The minimum absolute atomic E-state index is 0.0100. The zero-order valence-corrected chi connectivity index (χ0v) is 13.6. The summed E-state index contributed by atoms with van der Waals surface area (Å²) in [6.07, 6.45) is 6.73. The standard InChI is InChI=1S/C19H21NO4/c21-18(20-6-2-5-14(10-20)19(22)23)9-15-11-24-17-8-13-4-1-3-12(13)7-16(15)17/h7-8,11,14H,1-6,9-10H2,(H,22,23). The fraction of sp³-hybridized carbons (Fsp3) is 0.474. The number of carboxylic acid groups (broad SMARTS) is 1. The highest BCUT2D eigenvalue weighted by molar-refractivity contribution is 5.89. The first kappa shape index (κ1) is 15.2. The van der Waals surface area contributed by atoms with E-state index in [-0.39, 0.29) is 12.3 Å². The van der Waals surface area contributed by atoms with Crippen LogP contribution in [0.5, 0.6) is 0 Å². The van der Waals surface area contributed by atoms with Crippen molar-refractivity contribution in [1.82, 2.24) is 4.90 Å². The molecule has 1 aliphatic carbocycles. The van der Waals surface area contributed by atoms with E-state index >= 15 is 0 Å². The molecule has 5 nitrogen and oxygen atoms in total. The van der Waals surface area contributed by atoms with Crippen molar-refractivity contribution in [2.75, 3.05) is 13.1 Å². The van der Waals surface area contributed by atoms with Gasteiger partial charge in [0.1, 0.15) is 5.58 Å². The van der Waals surface area contributed by atoms with Gasteiger partial charge in [0.05, 0.1) is 18.6 Å². The van der Waals surface area contributed by atoms with E-state index in [9.17, 15) is 14.7 Å². The number of benzene rings is 1. The monoisotopic (exact) mass is 327 g/mol. The zero-order chi connectivity index (χ0) is 16.7. The number of carbonyl (C=O) groups is 2. The molecule has 0 radical (unpaired) electrons. The molecule has 2 aromatic rings. The van der Waals surface area contributed by atoms with Crippen molar-refractivity contribution >= 4 is 22.8 Å². The van der Waals surface area contributed by atoms with E-state index in [1.165, 1.54) is 17.5 Å². The largest absolute Gasteiger partial charge is 0.481 e. The van der Waals surface area contributed by atoms with E-state index in [0.29, 0.717) is 19.5 Å². The molecular formula is C19H21NO4. The minimum Gasteiger partial charge on any atom is -0.481 e. The smallest absolute Gasteiger partial charge is 0.308 e. The molecule has 1 saturated heterocycles. The van der Waals surface area contributed by atoms with Crippen LogP contribution in [0, 0.1) is 5.92 Å². The predicted molar refractivity (Wildman–Crippen MR) is 88.9 cm³/mol. The van der Waals surface area contributed by atoms with Gasteiger partial charge in [0.25, 0.3) is 0 Å². The summed E-state index contributed by atoms with van der Waals surface area (Å²) in [5.41, 5.74) is 4.47. The highest BCUT2D eigenvalue weighted by atomic mass is 16.4. The highest BCUT2D eigenvalue weighted by Gasteiger charge is 2.28. The van der Waals surface area contributed by atoms with Crippen LogP contribution in [0.1, 0.15) is 36.0 Å². The summed E-state index contributed by atoms with van der Waals surface area (Å²) in [6, 6.07) is 4.27. The molecule has 1 aromatic carbocycles. The van der Waals surface area contributed by atoms with E-state index < -0.39 is 11.9 Å². The number of hydrogen-bond acceptors (Lipinski definition) is 3. The summed E-state index contributed by atoms with van der Waals surface area (Å²) in [5, 5.41) is 10.2. The molecule has 24 heavy (non-hydrogen) atoms. The Morgan fingerprint density at radius 2 is 2.00 bits per heavy atom. The van der Waals surface area contributed by atoms with Crippen LogP contribution >= 0.6 is 0 Å². The molecule has 2 heterocycles. The number of carbonyl (C=O) groups excluding carboxylic acids is 1. The lowest BCUT2D eigenvalue weighted by Gasteiger charge is -2.30. The van der Waals surface area contributed by atoms with Crippen molar-refractivity contribution in [1.29, 1.82) is 0 Å². The second-order valence-electron chi connectivity index (χ2n) is 6.93. The number of aliphatic carboxylic acids is 1. The van der Waals surface area contributed by atoms with Gasteiger partial charge in [-0.2, -0.15) is 0 Å². The third-order valence-corrected chi connectivity index (χ3v) is 5.33. The first-order chi connectivity index (χ1) is 11.6. The van der Waals surface area contributed by atoms with E-state index in [2.05, 4.69) is 12.1 Å². The maximum atomic E-state index is 12.6. The van der Waals surface area contributed by atoms with Crippen LogP contribution in [0.4, 0.5) is 0 Å². The van der Waals surface area contributed by atoms with Gasteiger partial charge < -0.3 is 14.4 Å². The average Bonchev–Trinajstić information content (AvgIpc) is 3.19. The van der Waals surface area contributed by atoms with Crippen molar-refractivity contribution in [2.45, 2.75) is 38.5 Å². The lowest BCUT2D eigenvalue weighted by Crippen LogP contribution is -2.42. The minimum atomic E-state index is -0.808. The molecule has 1 aromatic heterocycles. The Morgan fingerprint density at radius 1 is 1.21 bits per heavy atom. The summed E-state index contributed by atoms with van der Waals surface area (Å²) in [6.45, 7) is 0.965. The normalized spacial score (nSPS) is 20.3. The van der Waals surface area contributed by atoms with Crippen molar-refractivity contribution < 1.29 is 19.1 Å². The number of carboxylic acids is 1. The summed E-state index contributed by atoms with van der Waals surface area (Å²) < 4.78 is 5.66. The van der Waals surface area contributed by atoms with Crippen LogP contribution < -0.4 is 0 Å². The molecule has 1 unspecified atom stereocenters. The van der Waals surface area contributed by atoms with Crippen LogP contribution in [0.3, 0.4) is 0 Å². The maximum absolute atomic E-state index is 12.6. The van der Waals surface area contributed by atoms with Crippen LogP contribution in [0.2, 0.25) is 0 Å². The van der Waals surface area contributed by atoms with Gasteiger partial charge in [0, 0.05) is 24.0 Å². The number of rotatable bonds is 3. The summed E-state index contributed by atoms with van der Waals surface area (Å²) >= 11 is 0. The van der Waals surface area contributed by atoms with Gasteiger partial charge in [-0.25, -0.2) is 0 Å². The van der Waals surface area contributed by atoms with Crippen molar-refractivity contribution in [3.63, 3.8) is 0 Å². The van der Waals surface area contributed by atoms with Gasteiger partial charge in [-0.05, 0) is 55.4 Å². The molecule has 1 aliphatic heterocycles. The molecule has 126 valence electrons. The molecule has 1 fully saturated rings. The van der Waals surface area contributed by atoms with E-state index in [1.807, 2.05) is 0 Å². The van der Waals surface area contributed by atoms with Crippen molar-refractivity contribution in [3.05, 3.63) is 35.1 Å². The molecule has 1 amide bonds. The van der Waals surface area contributed by atoms with Crippen LogP contribution in [-0.2, 0) is 28.9 Å². The highest BCUT2D eigenvalue weighted by Crippen LogP contribution is 2.31. The van der Waals surface area contributed by atoms with E-state index in [1.54, 1.807) is 11.2 Å². The number of likely N-dealkylation sites (tertiary alicyclic amines) is 1. The van der Waals surface area contributed by atoms with Crippen LogP contribution in [-0.4, -0.2) is 35.0 Å². The molecule has 1 N–H and O–H groups in total. The summed E-state index contributed by atoms with van der Waals surface area (Å²) in [5.74, 6) is -1.26. The first-order valence-electron chi connectivity index (χ1n) is 8.64. The Morgan fingerprint density at radius 3 is 2.79 bits per heavy atom. The first-order valence-corrected chi connectivity index (χ1v) is 8.64. The number of amides is 1. The van der Waals surface area contributed by atoms with E-state index in [4.69, 9.17) is 4.42 Å². The van der Waals surface area contributed by atoms with Gasteiger partial charge in [-0.3, -0.25) is 9.59 Å². The van der Waals surface area contributed by atoms with Crippen LogP contribution in [0.25, 0.3) is 11.0 Å². The fourth-order valence-electron chi connectivity index (χ4n) is 3.96. The fourth-order valence-corrected chi connectivity index (χ4v) is 3.96. The number of nitrogens with zero attached hydrogens (tertiary/aromatic N) is 1. The SMILES string of the molecule is O=C(O)C1CCCN(C(=O)Cc2coc3cc4c(cc23)CCC4)C1. The molecule has 1 atom stereocenters. The molecule has 0 spiro atoms. The molecule has 2 aliphatic rings. The number of hydrogen-bond donors (Lipinski definition) is 1. The topological polar surface area (TPSA) is 70.8 Å². The molecule has 5 heteroatoms. The van der Waals surface area contributed by atoms with Crippen molar-refractivity contribution in [3.8, 4) is 0 Å². The van der Waals surface area contributed by atoms with Gasteiger partial charge in [0.2, 0.25) is 5.91 Å². The number of furan rings is 1. The quantitative estimate of drug-likeness (QED) is 0.941. The zero-order valence-electron chi connectivity index (χ0n) is 13.6. The summed E-state index contributed by atoms with van der Waals surface area (Å²) in [4.78, 5) is 25.5. The van der Waals surface area contributed by atoms with Gasteiger partial charge in [0.15, 0.2) is 0 Å². The second kappa shape index (κ2) is 5.96. The molecule has 4 rings (SSSR count). The Bertz CT molecular complexity index is 807. The number of piperidine rings is 1. The Hall–Kier alpha value is -2.30. The Balaban J connectivity index is 1.53. The summed E-state index contributed by atoms with van der Waals surface area (Å²) in [7, 11) is 0. The Labute approximate surface area is 140 Å². The van der Waals surface area contributed by atoms with Gasteiger partial charge in [-0.1, -0.05) is 0 Å². The van der Waals surface area contributed by atoms with Gasteiger partial charge in [-0.15, -0.1) is 0 Å². The second-order valence-corrected chi connectivity index (χ2v) is 6.93. The third kappa shape index (κ3) is 2.68. The molecular weight excluding hydrogens is 306 g/mol. The van der Waals surface area contributed by atoms with Crippen LogP contribution in [0.15, 0.2) is 22.8 Å². The van der Waals surface area contributed by atoms with Crippen molar-refractivity contribution in [2.24, 2.45) is 5.92 Å². The molecule has 0 saturated carbocycles. The third-order valence-electron chi connectivity index (χ3n) is 5.33. The number of fused-ring (bicyclic) bond motifs is 2. The molecule has 0 bridgehead atoms. The van der Waals surface area contributed by atoms with Gasteiger partial charge >= 0.3 is 5.97 Å². The predicted octanol–water partition coefficient (Wildman–Crippen LogP) is 2.79. The lowest BCUT2D eigenvalue weighted by molar-refractivity contribution is -0.145. The Kier molecular flexibility index (Phi) is 3.79. The number of aryl methyl sites for hydroxylation is 2. The maximum Gasteiger partial charge on any atom is 0.308 e. The van der Waals surface area contributed by atoms with E-state index in [0.717, 1.165) is 35.8 Å².